The van der Waals surface area contributed by atoms with Gasteiger partial charge in [0.25, 0.3) is 0 Å². The first kappa shape index (κ1) is 11.7. The minimum absolute atomic E-state index is 0.229. The van der Waals surface area contributed by atoms with E-state index in [9.17, 15) is 4.79 Å². The number of rotatable bonds is 5. The zero-order valence-corrected chi connectivity index (χ0v) is 9.74. The summed E-state index contributed by atoms with van der Waals surface area (Å²) in [6, 6.07) is 3.48. The maximum Gasteiger partial charge on any atom is 0.211 e. The highest BCUT2D eigenvalue weighted by Crippen LogP contribution is 2.16. The Hall–Kier alpha value is -0.313. The number of carbonyl (C=O) groups excluding carboxylic acids is 1. The topological polar surface area (TPSA) is 29.1 Å². The molecule has 0 saturated carbocycles. The summed E-state index contributed by atoms with van der Waals surface area (Å²) in [7, 11) is -1.40. The summed E-state index contributed by atoms with van der Waals surface area (Å²) in [5.41, 5.74) is 0. The average molecular weight is 187 g/mol. The smallest absolute Gasteiger partial charge is 0.211 e. The van der Waals surface area contributed by atoms with Gasteiger partial charge in [-0.1, -0.05) is 27.7 Å². The van der Waals surface area contributed by atoms with E-state index in [1.165, 1.54) is 0 Å². The van der Waals surface area contributed by atoms with E-state index >= 15 is 0 Å². The van der Waals surface area contributed by atoms with Crippen molar-refractivity contribution in [1.29, 1.82) is 0 Å². The number of carbonyl (C=O) groups is 1. The Bertz CT molecular complexity index is 135. The van der Waals surface area contributed by atoms with Gasteiger partial charge >= 0.3 is 0 Å². The zero-order valence-electron chi connectivity index (χ0n) is 8.74. The van der Waals surface area contributed by atoms with Crippen LogP contribution in [0.3, 0.4) is 0 Å². The van der Waals surface area contributed by atoms with Crippen molar-refractivity contribution < 1.29 is 4.79 Å². The van der Waals surface area contributed by atoms with Crippen LogP contribution >= 0.6 is 0 Å². The number of hydrogen-bond donors (Lipinski definition) is 1. The lowest BCUT2D eigenvalue weighted by atomic mass is 10.5. The van der Waals surface area contributed by atoms with Crippen molar-refractivity contribution in [3.8, 4) is 0 Å². The van der Waals surface area contributed by atoms with Crippen molar-refractivity contribution in [2.45, 2.75) is 52.2 Å². The zero-order chi connectivity index (χ0) is 9.61. The minimum Gasteiger partial charge on any atom is -0.382 e. The normalized spacial score (nSPS) is 11.3. The third kappa shape index (κ3) is 2.97. The molecule has 0 aliphatic rings. The molecule has 0 heterocycles. The molecular formula is C9H21NOSi. The summed E-state index contributed by atoms with van der Waals surface area (Å²) in [4.78, 5) is 14.5. The molecule has 1 N–H and O–H groups in total. The Morgan fingerprint density at radius 1 is 1.08 bits per heavy atom. The van der Waals surface area contributed by atoms with Crippen LogP contribution < -0.4 is 4.98 Å². The highest BCUT2D eigenvalue weighted by Gasteiger charge is 2.28. The Morgan fingerprint density at radius 2 is 1.50 bits per heavy atom. The number of hydrogen-bond acceptors (Lipinski definition) is 1. The third-order valence-corrected chi connectivity index (χ3v) is 7.63. The van der Waals surface area contributed by atoms with Gasteiger partial charge in [0.15, 0.2) is 8.24 Å². The summed E-state index contributed by atoms with van der Waals surface area (Å²) in [6.45, 7) is 8.48. The molecular weight excluding hydrogens is 166 g/mol. The van der Waals surface area contributed by atoms with Crippen LogP contribution in [0.1, 0.15) is 34.1 Å². The Kier molecular flexibility index (Phi) is 5.21. The maximum atomic E-state index is 11.2. The summed E-state index contributed by atoms with van der Waals surface area (Å²) in [6.07, 6.45) is 0.620. The second kappa shape index (κ2) is 5.35. The van der Waals surface area contributed by atoms with Gasteiger partial charge in [-0.2, -0.15) is 0 Å². The Labute approximate surface area is 76.8 Å². The van der Waals surface area contributed by atoms with E-state index in [0.717, 1.165) is 18.1 Å². The molecule has 3 heteroatoms. The molecule has 0 radical (unpaired) electrons. The molecule has 0 saturated heterocycles. The average Bonchev–Trinajstić information content (AvgIpc) is 2.14. The van der Waals surface area contributed by atoms with E-state index in [2.05, 4.69) is 25.8 Å². The van der Waals surface area contributed by atoms with Crippen LogP contribution in [0.2, 0.25) is 18.1 Å². The minimum atomic E-state index is -1.40. The van der Waals surface area contributed by atoms with Crippen molar-refractivity contribution in [3.05, 3.63) is 0 Å². The number of nitrogens with one attached hydrogen (secondary N) is 1. The third-order valence-electron chi connectivity index (χ3n) is 2.76. The van der Waals surface area contributed by atoms with Crippen molar-refractivity contribution in [1.82, 2.24) is 4.98 Å². The maximum absolute atomic E-state index is 11.2. The summed E-state index contributed by atoms with van der Waals surface area (Å²) in [5, 5.41) is 0. The van der Waals surface area contributed by atoms with Gasteiger partial charge in [0, 0.05) is 6.42 Å². The molecule has 0 aromatic rings. The predicted molar refractivity (Wildman–Crippen MR) is 55.6 cm³/mol. The molecule has 0 bridgehead atoms. The van der Waals surface area contributed by atoms with Crippen LogP contribution in [0.25, 0.3) is 0 Å². The molecule has 0 aromatic carbocycles. The SMILES string of the molecule is CCC(=O)N[Si](CC)(CC)CC. The molecule has 0 rings (SSSR count). The largest absolute Gasteiger partial charge is 0.382 e. The van der Waals surface area contributed by atoms with Gasteiger partial charge in [-0.05, 0) is 18.1 Å². The molecule has 0 fully saturated rings. The van der Waals surface area contributed by atoms with Crippen molar-refractivity contribution in [2.75, 3.05) is 0 Å². The first-order valence-electron chi connectivity index (χ1n) is 4.95. The Balaban J connectivity index is 4.19. The second-order valence-corrected chi connectivity index (χ2v) is 8.17. The van der Waals surface area contributed by atoms with Gasteiger partial charge < -0.3 is 4.98 Å². The fraction of sp³-hybridized carbons (Fsp3) is 0.889. The first-order valence-corrected chi connectivity index (χ1v) is 7.57. The lowest BCUT2D eigenvalue weighted by Crippen LogP contribution is -2.51. The van der Waals surface area contributed by atoms with Gasteiger partial charge in [0.1, 0.15) is 0 Å². The molecule has 0 spiro atoms. The summed E-state index contributed by atoms with van der Waals surface area (Å²) in [5.74, 6) is 0.229. The van der Waals surface area contributed by atoms with Crippen LogP contribution in [-0.4, -0.2) is 14.1 Å². The number of amides is 1. The van der Waals surface area contributed by atoms with Crippen LogP contribution in [0.15, 0.2) is 0 Å². The fourth-order valence-corrected chi connectivity index (χ4v) is 4.20. The van der Waals surface area contributed by atoms with Gasteiger partial charge in [0.05, 0.1) is 0 Å². The highest BCUT2D eigenvalue weighted by molar-refractivity contribution is 6.79. The first-order chi connectivity index (χ1) is 5.64. The predicted octanol–water partition coefficient (Wildman–Crippen LogP) is 2.52. The monoisotopic (exact) mass is 187 g/mol. The molecule has 2 nitrogen and oxygen atoms in total. The Morgan fingerprint density at radius 3 is 1.75 bits per heavy atom. The van der Waals surface area contributed by atoms with Crippen molar-refractivity contribution in [2.24, 2.45) is 0 Å². The fourth-order valence-electron chi connectivity index (χ4n) is 1.40. The molecule has 0 unspecified atom stereocenters. The standard InChI is InChI=1S/C9H21NOSi/c1-5-9(11)10-12(6-2,7-3)8-4/h5-8H2,1-4H3,(H,10,11). The van der Waals surface area contributed by atoms with Gasteiger partial charge in [-0.25, -0.2) is 0 Å². The lowest BCUT2D eigenvalue weighted by Gasteiger charge is -2.28. The van der Waals surface area contributed by atoms with Crippen molar-refractivity contribution >= 4 is 14.1 Å². The quantitative estimate of drug-likeness (QED) is 0.658. The molecule has 72 valence electrons. The van der Waals surface area contributed by atoms with E-state index < -0.39 is 8.24 Å². The van der Waals surface area contributed by atoms with Gasteiger partial charge in [-0.15, -0.1) is 0 Å². The van der Waals surface area contributed by atoms with Crippen LogP contribution in [-0.2, 0) is 4.79 Å². The molecule has 1 amide bonds. The molecule has 0 aromatic heterocycles. The van der Waals surface area contributed by atoms with Crippen LogP contribution in [0, 0.1) is 0 Å². The van der Waals surface area contributed by atoms with Crippen LogP contribution in [0.5, 0.6) is 0 Å². The highest BCUT2D eigenvalue weighted by atomic mass is 28.3. The van der Waals surface area contributed by atoms with E-state index in [1.807, 2.05) is 6.92 Å². The van der Waals surface area contributed by atoms with E-state index in [4.69, 9.17) is 0 Å². The van der Waals surface area contributed by atoms with Gasteiger partial charge in [0.2, 0.25) is 5.91 Å². The molecule has 0 aliphatic carbocycles. The second-order valence-electron chi connectivity index (χ2n) is 3.24. The molecule has 12 heavy (non-hydrogen) atoms. The molecule has 0 atom stereocenters. The summed E-state index contributed by atoms with van der Waals surface area (Å²) < 4.78 is 0. The van der Waals surface area contributed by atoms with E-state index in [0.29, 0.717) is 6.42 Å². The lowest BCUT2D eigenvalue weighted by molar-refractivity contribution is -0.119. The van der Waals surface area contributed by atoms with E-state index in [1.54, 1.807) is 0 Å². The van der Waals surface area contributed by atoms with Crippen molar-refractivity contribution in [3.63, 3.8) is 0 Å². The van der Waals surface area contributed by atoms with E-state index in [-0.39, 0.29) is 5.91 Å². The summed E-state index contributed by atoms with van der Waals surface area (Å²) >= 11 is 0. The van der Waals surface area contributed by atoms with Crippen LogP contribution in [0.4, 0.5) is 0 Å². The molecule has 0 aliphatic heterocycles. The van der Waals surface area contributed by atoms with Gasteiger partial charge in [-0.3, -0.25) is 4.79 Å².